The topological polar surface area (TPSA) is 26.5 Å². The molecule has 2 aromatic heterocycles. The Morgan fingerprint density at radius 2 is 2.11 bits per heavy atom. The zero-order valence-corrected chi connectivity index (χ0v) is 11.3. The molecule has 0 fully saturated rings. The smallest absolute Gasteiger partial charge is 0.137 e. The molecule has 0 N–H and O–H groups in total. The van der Waals surface area contributed by atoms with Crippen LogP contribution in [0.25, 0.3) is 5.65 Å². The second-order valence-electron chi connectivity index (χ2n) is 4.37. The minimum Gasteiger partial charge on any atom is -0.495 e. The molecule has 0 aliphatic carbocycles. The van der Waals surface area contributed by atoms with E-state index in [1.165, 1.54) is 0 Å². The maximum Gasteiger partial charge on any atom is 0.137 e. The molecule has 0 saturated carbocycles. The quantitative estimate of drug-likeness (QED) is 0.728. The summed E-state index contributed by atoms with van der Waals surface area (Å²) in [7, 11) is 1.66. The Morgan fingerprint density at radius 1 is 1.21 bits per heavy atom. The summed E-state index contributed by atoms with van der Waals surface area (Å²) in [6.07, 6.45) is 4.70. The molecule has 1 aromatic carbocycles. The van der Waals surface area contributed by atoms with Crippen LogP contribution in [-0.4, -0.2) is 16.5 Å². The van der Waals surface area contributed by atoms with Crippen LogP contribution < -0.4 is 4.74 Å². The summed E-state index contributed by atoms with van der Waals surface area (Å²) in [6.45, 7) is 0. The lowest BCUT2D eigenvalue weighted by molar-refractivity contribution is 0.412. The van der Waals surface area contributed by atoms with Crippen molar-refractivity contribution in [2.75, 3.05) is 7.11 Å². The molecule has 0 aliphatic rings. The van der Waals surface area contributed by atoms with Crippen LogP contribution in [0.2, 0.25) is 5.02 Å². The maximum atomic E-state index is 5.99. The maximum absolute atomic E-state index is 5.99. The molecular weight excluding hydrogens is 260 g/mol. The van der Waals surface area contributed by atoms with Gasteiger partial charge in [-0.25, -0.2) is 4.98 Å². The van der Waals surface area contributed by atoms with Crippen molar-refractivity contribution in [3.8, 4) is 5.75 Å². The first kappa shape index (κ1) is 12.1. The van der Waals surface area contributed by atoms with Crippen molar-refractivity contribution in [1.29, 1.82) is 0 Å². The van der Waals surface area contributed by atoms with Gasteiger partial charge >= 0.3 is 0 Å². The van der Waals surface area contributed by atoms with E-state index in [-0.39, 0.29) is 0 Å². The first-order valence-corrected chi connectivity index (χ1v) is 6.38. The van der Waals surface area contributed by atoms with E-state index in [9.17, 15) is 0 Å². The van der Waals surface area contributed by atoms with Crippen molar-refractivity contribution >= 4 is 17.2 Å². The molecule has 0 unspecified atom stereocenters. The molecule has 3 nitrogen and oxygen atoms in total. The molecule has 0 amide bonds. The van der Waals surface area contributed by atoms with Gasteiger partial charge in [0.15, 0.2) is 0 Å². The summed E-state index contributed by atoms with van der Waals surface area (Å²) in [5.74, 6) is 0.819. The SMILES string of the molecule is COc1ccc2nc(Cc3cccc(Cl)c3)cn2c1. The number of nitrogens with zero attached hydrogens (tertiary/aromatic N) is 2. The van der Waals surface area contributed by atoms with Crippen molar-refractivity contribution in [1.82, 2.24) is 9.38 Å². The normalized spacial score (nSPS) is 10.8. The van der Waals surface area contributed by atoms with Crippen LogP contribution in [0.1, 0.15) is 11.3 Å². The van der Waals surface area contributed by atoms with Gasteiger partial charge in [0.05, 0.1) is 19.0 Å². The number of methoxy groups -OCH3 is 1. The van der Waals surface area contributed by atoms with E-state index in [4.69, 9.17) is 16.3 Å². The minimum atomic E-state index is 0.753. The monoisotopic (exact) mass is 272 g/mol. The molecule has 0 radical (unpaired) electrons. The van der Waals surface area contributed by atoms with Crippen LogP contribution in [0.5, 0.6) is 5.75 Å². The van der Waals surface area contributed by atoms with Crippen molar-refractivity contribution < 1.29 is 4.74 Å². The Labute approximate surface area is 116 Å². The molecule has 19 heavy (non-hydrogen) atoms. The van der Waals surface area contributed by atoms with E-state index in [0.717, 1.165) is 34.1 Å². The van der Waals surface area contributed by atoms with Crippen LogP contribution in [0, 0.1) is 0 Å². The number of rotatable bonds is 3. The average Bonchev–Trinajstić information content (AvgIpc) is 2.79. The van der Waals surface area contributed by atoms with Crippen molar-refractivity contribution in [2.24, 2.45) is 0 Å². The zero-order chi connectivity index (χ0) is 13.2. The molecule has 0 aliphatic heterocycles. The lowest BCUT2D eigenvalue weighted by Crippen LogP contribution is -1.87. The lowest BCUT2D eigenvalue weighted by Gasteiger charge is -1.98. The Morgan fingerprint density at radius 3 is 2.89 bits per heavy atom. The number of ether oxygens (including phenoxy) is 1. The van der Waals surface area contributed by atoms with Crippen molar-refractivity contribution in [2.45, 2.75) is 6.42 Å². The van der Waals surface area contributed by atoms with Crippen LogP contribution in [0.15, 0.2) is 48.8 Å². The van der Waals surface area contributed by atoms with Gasteiger partial charge in [0.2, 0.25) is 0 Å². The van der Waals surface area contributed by atoms with Gasteiger partial charge < -0.3 is 9.14 Å². The number of halogens is 1. The fourth-order valence-electron chi connectivity index (χ4n) is 2.09. The molecule has 3 rings (SSSR count). The molecule has 3 aromatic rings. The number of benzene rings is 1. The Hall–Kier alpha value is -2.00. The van der Waals surface area contributed by atoms with Gasteiger partial charge in [-0.15, -0.1) is 0 Å². The Bertz CT molecular complexity index is 721. The molecule has 96 valence electrons. The van der Waals surface area contributed by atoms with Gasteiger partial charge in [0.1, 0.15) is 11.4 Å². The van der Waals surface area contributed by atoms with E-state index in [2.05, 4.69) is 11.1 Å². The highest BCUT2D eigenvalue weighted by molar-refractivity contribution is 6.30. The third-order valence-electron chi connectivity index (χ3n) is 2.98. The number of pyridine rings is 1. The first-order valence-electron chi connectivity index (χ1n) is 6.01. The predicted molar refractivity (Wildman–Crippen MR) is 76.0 cm³/mol. The second kappa shape index (κ2) is 4.94. The highest BCUT2D eigenvalue weighted by Crippen LogP contribution is 2.17. The van der Waals surface area contributed by atoms with Gasteiger partial charge in [-0.3, -0.25) is 0 Å². The molecule has 2 heterocycles. The van der Waals surface area contributed by atoms with Gasteiger partial charge in [-0.05, 0) is 29.8 Å². The van der Waals surface area contributed by atoms with E-state index in [1.54, 1.807) is 7.11 Å². The average molecular weight is 273 g/mol. The zero-order valence-electron chi connectivity index (χ0n) is 10.5. The Balaban J connectivity index is 1.93. The van der Waals surface area contributed by atoms with E-state index >= 15 is 0 Å². The standard InChI is InChI=1S/C15H13ClN2O/c1-19-14-5-6-15-17-13(9-18(15)10-14)8-11-3-2-4-12(16)7-11/h2-7,9-10H,8H2,1H3. The molecule has 0 saturated heterocycles. The number of hydrogen-bond donors (Lipinski definition) is 0. The number of imidazole rings is 1. The Kier molecular flexibility index (Phi) is 3.13. The third kappa shape index (κ3) is 2.56. The first-order chi connectivity index (χ1) is 9.24. The lowest BCUT2D eigenvalue weighted by atomic mass is 10.1. The largest absolute Gasteiger partial charge is 0.495 e. The summed E-state index contributed by atoms with van der Waals surface area (Å²) in [5.41, 5.74) is 3.08. The molecule has 0 atom stereocenters. The predicted octanol–water partition coefficient (Wildman–Crippen LogP) is 3.59. The van der Waals surface area contributed by atoms with Gasteiger partial charge in [0, 0.05) is 17.6 Å². The van der Waals surface area contributed by atoms with Crippen LogP contribution in [0.3, 0.4) is 0 Å². The van der Waals surface area contributed by atoms with Gasteiger partial charge in [-0.2, -0.15) is 0 Å². The highest BCUT2D eigenvalue weighted by atomic mass is 35.5. The minimum absolute atomic E-state index is 0.753. The summed E-state index contributed by atoms with van der Waals surface area (Å²) in [6, 6.07) is 11.7. The van der Waals surface area contributed by atoms with E-state index in [1.807, 2.05) is 47.1 Å². The second-order valence-corrected chi connectivity index (χ2v) is 4.81. The third-order valence-corrected chi connectivity index (χ3v) is 3.22. The number of hydrogen-bond acceptors (Lipinski definition) is 2. The van der Waals surface area contributed by atoms with E-state index < -0.39 is 0 Å². The van der Waals surface area contributed by atoms with Crippen LogP contribution in [-0.2, 0) is 6.42 Å². The summed E-state index contributed by atoms with van der Waals surface area (Å²) < 4.78 is 7.17. The summed E-state index contributed by atoms with van der Waals surface area (Å²) in [4.78, 5) is 4.58. The van der Waals surface area contributed by atoms with Gasteiger partial charge in [0.25, 0.3) is 0 Å². The highest BCUT2D eigenvalue weighted by Gasteiger charge is 2.04. The molecule has 0 bridgehead atoms. The number of fused-ring (bicyclic) bond motifs is 1. The molecule has 4 heteroatoms. The summed E-state index contributed by atoms with van der Waals surface area (Å²) >= 11 is 5.99. The fraction of sp³-hybridized carbons (Fsp3) is 0.133. The molecular formula is C15H13ClN2O. The van der Waals surface area contributed by atoms with Crippen LogP contribution >= 0.6 is 11.6 Å². The summed E-state index contributed by atoms with van der Waals surface area (Å²) in [5, 5.41) is 0.753. The van der Waals surface area contributed by atoms with Crippen molar-refractivity contribution in [3.05, 3.63) is 65.1 Å². The van der Waals surface area contributed by atoms with E-state index in [0.29, 0.717) is 0 Å². The van der Waals surface area contributed by atoms with Crippen molar-refractivity contribution in [3.63, 3.8) is 0 Å². The molecule has 0 spiro atoms. The van der Waals surface area contributed by atoms with Gasteiger partial charge in [-0.1, -0.05) is 23.7 Å². The fourth-order valence-corrected chi connectivity index (χ4v) is 2.30. The number of aromatic nitrogens is 2. The van der Waals surface area contributed by atoms with Crippen LogP contribution in [0.4, 0.5) is 0 Å².